The summed E-state index contributed by atoms with van der Waals surface area (Å²) in [5.74, 6) is -3.73. The van der Waals surface area contributed by atoms with Crippen molar-refractivity contribution in [1.29, 1.82) is 0 Å². The van der Waals surface area contributed by atoms with E-state index in [4.69, 9.17) is 0 Å². The van der Waals surface area contributed by atoms with Gasteiger partial charge in [-0.3, -0.25) is 4.98 Å². The molecule has 1 heterocycles. The molecule has 5 heteroatoms. The van der Waals surface area contributed by atoms with Crippen molar-refractivity contribution in [2.24, 2.45) is 0 Å². The molecule has 106 valence electrons. The quantitative estimate of drug-likeness (QED) is 0.782. The predicted molar refractivity (Wildman–Crippen MR) is 70.6 cm³/mol. The minimum Gasteiger partial charge on any atom is -0.302 e. The predicted octanol–water partition coefficient (Wildman–Crippen LogP) is 3.17. The highest BCUT2D eigenvalue weighted by Gasteiger charge is 2.11. The Labute approximate surface area is 115 Å². The van der Waals surface area contributed by atoms with Gasteiger partial charge in [0.15, 0.2) is 17.5 Å². The first-order valence-corrected chi connectivity index (χ1v) is 6.27. The normalized spacial score (nSPS) is 11.1. The van der Waals surface area contributed by atoms with Crippen LogP contribution >= 0.6 is 0 Å². The first-order chi connectivity index (χ1) is 9.56. The Morgan fingerprint density at radius 2 is 1.80 bits per heavy atom. The van der Waals surface area contributed by atoms with Gasteiger partial charge >= 0.3 is 0 Å². The van der Waals surface area contributed by atoms with Crippen LogP contribution in [0.1, 0.15) is 11.1 Å². The van der Waals surface area contributed by atoms with Gasteiger partial charge in [0.2, 0.25) is 0 Å². The molecule has 0 unspecified atom stereocenters. The van der Waals surface area contributed by atoms with Crippen LogP contribution in [0.5, 0.6) is 0 Å². The highest BCUT2D eigenvalue weighted by Crippen LogP contribution is 2.15. The maximum absolute atomic E-state index is 13.1. The Hall–Kier alpha value is -1.88. The van der Waals surface area contributed by atoms with Gasteiger partial charge in [-0.1, -0.05) is 6.07 Å². The van der Waals surface area contributed by atoms with Gasteiger partial charge in [0.05, 0.1) is 0 Å². The van der Waals surface area contributed by atoms with E-state index in [9.17, 15) is 13.2 Å². The zero-order chi connectivity index (χ0) is 14.5. The van der Waals surface area contributed by atoms with E-state index in [1.165, 1.54) is 0 Å². The molecule has 0 aliphatic heterocycles. The van der Waals surface area contributed by atoms with Crippen LogP contribution in [0.15, 0.2) is 36.7 Å². The summed E-state index contributed by atoms with van der Waals surface area (Å²) < 4.78 is 39.0. The summed E-state index contributed by atoms with van der Waals surface area (Å²) in [6, 6.07) is 5.89. The van der Waals surface area contributed by atoms with Crippen LogP contribution in [0, 0.1) is 17.5 Å². The lowest BCUT2D eigenvalue weighted by atomic mass is 10.1. The fourth-order valence-electron chi connectivity index (χ4n) is 1.96. The first kappa shape index (κ1) is 14.5. The highest BCUT2D eigenvalue weighted by atomic mass is 19.2. The van der Waals surface area contributed by atoms with Crippen LogP contribution in [-0.2, 0) is 13.0 Å². The molecule has 0 atom stereocenters. The lowest BCUT2D eigenvalue weighted by molar-refractivity contribution is 0.328. The Kier molecular flexibility index (Phi) is 4.74. The van der Waals surface area contributed by atoms with Crippen molar-refractivity contribution in [3.8, 4) is 0 Å². The van der Waals surface area contributed by atoms with Crippen molar-refractivity contribution in [3.63, 3.8) is 0 Å². The summed E-state index contributed by atoms with van der Waals surface area (Å²) in [6.07, 6.45) is 4.28. The number of nitrogens with zero attached hydrogens (tertiary/aromatic N) is 2. The second kappa shape index (κ2) is 6.52. The van der Waals surface area contributed by atoms with Crippen molar-refractivity contribution in [2.75, 3.05) is 13.6 Å². The molecule has 0 aliphatic rings. The van der Waals surface area contributed by atoms with Gasteiger partial charge in [0, 0.05) is 25.5 Å². The van der Waals surface area contributed by atoms with Gasteiger partial charge in [-0.2, -0.15) is 0 Å². The second-order valence-electron chi connectivity index (χ2n) is 4.72. The summed E-state index contributed by atoms with van der Waals surface area (Å²) in [5.41, 5.74) is 1.51. The largest absolute Gasteiger partial charge is 0.302 e. The monoisotopic (exact) mass is 280 g/mol. The number of halogens is 3. The standard InChI is InChI=1S/C15H15F3N2/c1-20(6-4-11-3-2-5-19-9-11)10-12-7-13(16)15(18)14(17)8-12/h2-3,5,7-9H,4,6,10H2,1H3. The summed E-state index contributed by atoms with van der Waals surface area (Å²) in [6.45, 7) is 1.07. The summed E-state index contributed by atoms with van der Waals surface area (Å²) in [4.78, 5) is 5.94. The van der Waals surface area contributed by atoms with Crippen LogP contribution in [0.3, 0.4) is 0 Å². The van der Waals surface area contributed by atoms with Gasteiger partial charge in [-0.15, -0.1) is 0 Å². The van der Waals surface area contributed by atoms with E-state index in [1.54, 1.807) is 12.4 Å². The molecule has 0 fully saturated rings. The van der Waals surface area contributed by atoms with Crippen molar-refractivity contribution in [3.05, 3.63) is 65.2 Å². The van der Waals surface area contributed by atoms with Gasteiger partial charge in [0.1, 0.15) is 0 Å². The third kappa shape index (κ3) is 3.81. The zero-order valence-electron chi connectivity index (χ0n) is 11.1. The molecule has 0 bridgehead atoms. The molecule has 0 N–H and O–H groups in total. The molecule has 0 amide bonds. The third-order valence-electron chi connectivity index (χ3n) is 3.00. The number of benzene rings is 1. The molecule has 0 aliphatic carbocycles. The second-order valence-corrected chi connectivity index (χ2v) is 4.72. The summed E-state index contributed by atoms with van der Waals surface area (Å²) >= 11 is 0. The summed E-state index contributed by atoms with van der Waals surface area (Å²) in [7, 11) is 1.84. The Balaban J connectivity index is 1.93. The summed E-state index contributed by atoms with van der Waals surface area (Å²) in [5, 5.41) is 0. The van der Waals surface area contributed by atoms with E-state index < -0.39 is 17.5 Å². The Morgan fingerprint density at radius 1 is 1.10 bits per heavy atom. The van der Waals surface area contributed by atoms with Crippen LogP contribution in [0.4, 0.5) is 13.2 Å². The van der Waals surface area contributed by atoms with Gasteiger partial charge in [0.25, 0.3) is 0 Å². The number of hydrogen-bond acceptors (Lipinski definition) is 2. The number of pyridine rings is 1. The molecule has 2 aromatic rings. The minimum absolute atomic E-state index is 0.356. The third-order valence-corrected chi connectivity index (χ3v) is 3.00. The molecule has 1 aromatic heterocycles. The maximum Gasteiger partial charge on any atom is 0.194 e. The number of hydrogen-bond donors (Lipinski definition) is 0. The van der Waals surface area contributed by atoms with Crippen LogP contribution < -0.4 is 0 Å². The van der Waals surface area contributed by atoms with Crippen LogP contribution in [-0.4, -0.2) is 23.5 Å². The van der Waals surface area contributed by atoms with Crippen LogP contribution in [0.25, 0.3) is 0 Å². The van der Waals surface area contributed by atoms with E-state index in [-0.39, 0.29) is 0 Å². The van der Waals surface area contributed by atoms with E-state index in [2.05, 4.69) is 4.98 Å². The molecule has 20 heavy (non-hydrogen) atoms. The molecule has 2 nitrogen and oxygen atoms in total. The van der Waals surface area contributed by atoms with Crippen molar-refractivity contribution in [1.82, 2.24) is 9.88 Å². The first-order valence-electron chi connectivity index (χ1n) is 6.27. The average molecular weight is 280 g/mol. The molecular formula is C15H15F3N2. The van der Waals surface area contributed by atoms with E-state index in [0.717, 1.165) is 24.1 Å². The molecule has 0 spiro atoms. The highest BCUT2D eigenvalue weighted by molar-refractivity contribution is 5.19. The minimum atomic E-state index is -1.42. The van der Waals surface area contributed by atoms with Crippen molar-refractivity contribution < 1.29 is 13.2 Å². The maximum atomic E-state index is 13.1. The van der Waals surface area contributed by atoms with Crippen molar-refractivity contribution in [2.45, 2.75) is 13.0 Å². The fraction of sp³-hybridized carbons (Fsp3) is 0.267. The molecule has 2 rings (SSSR count). The lowest BCUT2D eigenvalue weighted by Crippen LogP contribution is -2.21. The molecule has 1 aromatic carbocycles. The van der Waals surface area contributed by atoms with Gasteiger partial charge < -0.3 is 4.90 Å². The van der Waals surface area contributed by atoms with E-state index >= 15 is 0 Å². The smallest absolute Gasteiger partial charge is 0.194 e. The molecule has 0 saturated carbocycles. The van der Waals surface area contributed by atoms with Gasteiger partial charge in [-0.25, -0.2) is 13.2 Å². The molecule has 0 radical (unpaired) electrons. The van der Waals surface area contributed by atoms with Crippen molar-refractivity contribution >= 4 is 0 Å². The zero-order valence-corrected chi connectivity index (χ0v) is 11.1. The van der Waals surface area contributed by atoms with E-state index in [0.29, 0.717) is 18.7 Å². The van der Waals surface area contributed by atoms with E-state index in [1.807, 2.05) is 24.1 Å². The number of aromatic nitrogens is 1. The molecular weight excluding hydrogens is 265 g/mol. The average Bonchev–Trinajstić information content (AvgIpc) is 2.43. The lowest BCUT2D eigenvalue weighted by Gasteiger charge is -2.16. The topological polar surface area (TPSA) is 16.1 Å². The van der Waals surface area contributed by atoms with Crippen LogP contribution in [0.2, 0.25) is 0 Å². The number of rotatable bonds is 5. The SMILES string of the molecule is CN(CCc1cccnc1)Cc1cc(F)c(F)c(F)c1. The Bertz CT molecular complexity index is 550. The molecule has 0 saturated heterocycles. The fourth-order valence-corrected chi connectivity index (χ4v) is 1.96. The number of likely N-dealkylation sites (N-methyl/N-ethyl adjacent to an activating group) is 1. The Morgan fingerprint density at radius 3 is 2.40 bits per heavy atom. The van der Waals surface area contributed by atoms with Gasteiger partial charge in [-0.05, 0) is 42.8 Å².